The number of fused-ring (bicyclic) bond motifs is 1. The highest BCUT2D eigenvalue weighted by Gasteiger charge is 2.37. The number of H-pyrrole nitrogens is 1. The molecule has 2 amide bonds. The zero-order valence-electron chi connectivity index (χ0n) is 20.8. The number of alkyl halides is 3. The molecular weight excluding hydrogens is 527 g/mol. The number of nitrogens with one attached hydrogen (secondary N) is 2. The number of nitrogens with zero attached hydrogens (tertiary/aromatic N) is 5. The number of carbonyl (C=O) groups is 2. The molecule has 1 saturated heterocycles. The van der Waals surface area contributed by atoms with Gasteiger partial charge in [-0.25, -0.2) is 19.7 Å². The fraction of sp³-hybridized carbons (Fsp3) is 0.458. The van der Waals surface area contributed by atoms with E-state index in [0.29, 0.717) is 45.6 Å². The first-order valence-electron chi connectivity index (χ1n) is 12.0. The lowest BCUT2D eigenvalue weighted by Gasteiger charge is -2.40. The highest BCUT2D eigenvalue weighted by molar-refractivity contribution is 6.31. The highest BCUT2D eigenvalue weighted by Crippen LogP contribution is 2.29. The molecule has 1 atom stereocenters. The van der Waals surface area contributed by atoms with Crippen molar-refractivity contribution in [1.82, 2.24) is 30.2 Å². The van der Waals surface area contributed by atoms with Crippen LogP contribution in [0.1, 0.15) is 23.1 Å². The molecule has 0 aromatic carbocycles. The van der Waals surface area contributed by atoms with Crippen LogP contribution >= 0.6 is 11.6 Å². The molecule has 14 heteroatoms. The summed E-state index contributed by atoms with van der Waals surface area (Å²) >= 11 is 6.10. The van der Waals surface area contributed by atoms with E-state index in [0.717, 1.165) is 0 Å². The number of hydrogen-bond donors (Lipinski definition) is 2. The lowest BCUT2D eigenvalue weighted by Crippen LogP contribution is -2.61. The van der Waals surface area contributed by atoms with E-state index < -0.39 is 30.8 Å². The Morgan fingerprint density at radius 1 is 1.32 bits per heavy atom. The molecular formula is C24H31ClF3N7O3. The van der Waals surface area contributed by atoms with E-state index >= 15 is 0 Å². The summed E-state index contributed by atoms with van der Waals surface area (Å²) in [6, 6.07) is 2.14. The second-order valence-electron chi connectivity index (χ2n) is 9.28. The molecule has 0 radical (unpaired) electrons. The Labute approximate surface area is 224 Å². The molecule has 1 fully saturated rings. The summed E-state index contributed by atoms with van der Waals surface area (Å²) in [5.41, 5.74) is 1.19. The smallest absolute Gasteiger partial charge is 0.409 e. The van der Waals surface area contributed by atoms with Crippen LogP contribution in [0.2, 0.25) is 5.02 Å². The van der Waals surface area contributed by atoms with E-state index in [1.54, 1.807) is 23.2 Å². The Balaban J connectivity index is 0.00000280. The molecule has 0 unspecified atom stereocenters. The minimum absolute atomic E-state index is 0. The van der Waals surface area contributed by atoms with Crippen molar-refractivity contribution in [2.75, 3.05) is 37.7 Å². The monoisotopic (exact) mass is 557 g/mol. The first-order valence-corrected chi connectivity index (χ1v) is 12.4. The minimum Gasteiger partial charge on any atom is -0.449 e. The molecule has 208 valence electrons. The van der Waals surface area contributed by atoms with E-state index in [1.807, 2.05) is 19.2 Å². The molecule has 0 saturated carbocycles. The van der Waals surface area contributed by atoms with Gasteiger partial charge in [-0.3, -0.25) is 4.79 Å². The number of anilines is 1. The number of pyridine rings is 1. The summed E-state index contributed by atoms with van der Waals surface area (Å²) in [5, 5.41) is 3.03. The van der Waals surface area contributed by atoms with Crippen LogP contribution in [0.5, 0.6) is 0 Å². The van der Waals surface area contributed by atoms with Crippen molar-refractivity contribution < 1.29 is 30.4 Å². The summed E-state index contributed by atoms with van der Waals surface area (Å²) in [6.45, 7) is 2.86. The molecule has 0 bridgehead atoms. The van der Waals surface area contributed by atoms with Gasteiger partial charge in [-0.2, -0.15) is 13.2 Å². The zero-order chi connectivity index (χ0) is 27.4. The summed E-state index contributed by atoms with van der Waals surface area (Å²) in [6.07, 6.45) is 0.123. The van der Waals surface area contributed by atoms with Crippen LogP contribution in [0, 0.1) is 5.92 Å². The van der Waals surface area contributed by atoms with Gasteiger partial charge in [0, 0.05) is 45.5 Å². The molecule has 4 heterocycles. The van der Waals surface area contributed by atoms with E-state index in [9.17, 15) is 22.8 Å². The van der Waals surface area contributed by atoms with Crippen molar-refractivity contribution in [1.29, 1.82) is 0 Å². The van der Waals surface area contributed by atoms with Gasteiger partial charge in [-0.05, 0) is 24.5 Å². The fourth-order valence-electron chi connectivity index (χ4n) is 4.03. The first kappa shape index (κ1) is 27.4. The van der Waals surface area contributed by atoms with Gasteiger partial charge in [-0.15, -0.1) is 0 Å². The maximum atomic E-state index is 12.9. The van der Waals surface area contributed by atoms with Gasteiger partial charge in [0.05, 0.1) is 18.2 Å². The minimum atomic E-state index is -4.59. The number of hydrogen-bond acceptors (Lipinski definition) is 7. The van der Waals surface area contributed by atoms with Crippen LogP contribution in [0.25, 0.3) is 22.4 Å². The number of aromatic amines is 1. The van der Waals surface area contributed by atoms with Crippen LogP contribution in [0.15, 0.2) is 30.7 Å². The summed E-state index contributed by atoms with van der Waals surface area (Å²) in [7, 11) is 0. The maximum Gasteiger partial charge on any atom is 0.409 e. The summed E-state index contributed by atoms with van der Waals surface area (Å²) in [5.74, 6) is 0.0730. The van der Waals surface area contributed by atoms with Crippen LogP contribution in [-0.2, 0) is 9.53 Å². The van der Waals surface area contributed by atoms with Gasteiger partial charge in [0.2, 0.25) is 5.91 Å². The average molecular weight is 558 g/mol. The largest absolute Gasteiger partial charge is 0.449 e. The van der Waals surface area contributed by atoms with Crippen molar-refractivity contribution in [2.24, 2.45) is 5.92 Å². The average Bonchev–Trinajstić information content (AvgIpc) is 3.29. The number of aromatic nitrogens is 4. The zero-order valence-corrected chi connectivity index (χ0v) is 21.5. The van der Waals surface area contributed by atoms with Gasteiger partial charge < -0.3 is 24.8 Å². The first-order chi connectivity index (χ1) is 18.0. The van der Waals surface area contributed by atoms with Crippen LogP contribution < -0.4 is 10.2 Å². The van der Waals surface area contributed by atoms with Crippen molar-refractivity contribution in [3.8, 4) is 11.4 Å². The van der Waals surface area contributed by atoms with Crippen molar-refractivity contribution in [3.63, 3.8) is 0 Å². The molecule has 0 aliphatic carbocycles. The fourth-order valence-corrected chi connectivity index (χ4v) is 4.19. The van der Waals surface area contributed by atoms with E-state index in [4.69, 9.17) is 16.3 Å². The third-order valence-corrected chi connectivity index (χ3v) is 6.21. The Morgan fingerprint density at radius 2 is 2.11 bits per heavy atom. The third kappa shape index (κ3) is 6.63. The standard InChI is InChI=1S/C24H27ClF3N7O3.2H2/c1-14(2)4-8-38-23(37)34-6-7-35(18(12-34)22(36)32-13-24(26,27)28)19-3-5-29-21(33-19)17-11-31-20-16(17)9-15(25)10-30-20;;/h3,5,9-11,14,18H,4,6-8,12-13H2,1-2H3,(H,30,31)(H,32,36);2*1H/t18-;;/m1../s1. The molecule has 10 nitrogen and oxygen atoms in total. The van der Waals surface area contributed by atoms with Gasteiger partial charge >= 0.3 is 12.3 Å². The Hall–Kier alpha value is -3.61. The van der Waals surface area contributed by atoms with Crippen LogP contribution in [0.3, 0.4) is 0 Å². The summed E-state index contributed by atoms with van der Waals surface area (Å²) < 4.78 is 43.8. The van der Waals surface area contributed by atoms with Crippen LogP contribution in [-0.4, -0.2) is 81.8 Å². The molecule has 3 aromatic rings. The molecule has 2 N–H and O–H groups in total. The third-order valence-electron chi connectivity index (χ3n) is 6.00. The molecule has 1 aliphatic heterocycles. The topological polar surface area (TPSA) is 116 Å². The van der Waals surface area contributed by atoms with E-state index in [2.05, 4.69) is 19.9 Å². The number of rotatable bonds is 7. The Morgan fingerprint density at radius 3 is 2.84 bits per heavy atom. The summed E-state index contributed by atoms with van der Waals surface area (Å²) in [4.78, 5) is 44.6. The van der Waals surface area contributed by atoms with Gasteiger partial charge in [-0.1, -0.05) is 25.4 Å². The number of carbonyl (C=O) groups excluding carboxylic acids is 2. The number of halogens is 4. The second-order valence-corrected chi connectivity index (χ2v) is 9.71. The predicted molar refractivity (Wildman–Crippen MR) is 139 cm³/mol. The highest BCUT2D eigenvalue weighted by atomic mass is 35.5. The van der Waals surface area contributed by atoms with Gasteiger partial charge in [0.1, 0.15) is 24.1 Å². The number of amides is 2. The normalized spacial score (nSPS) is 16.2. The lowest BCUT2D eigenvalue weighted by molar-refractivity contribution is -0.139. The quantitative estimate of drug-likeness (QED) is 0.439. The van der Waals surface area contributed by atoms with Crippen molar-refractivity contribution >= 4 is 40.5 Å². The molecule has 4 rings (SSSR count). The molecule has 1 aliphatic rings. The molecule has 0 spiro atoms. The van der Waals surface area contributed by atoms with E-state index in [1.165, 1.54) is 17.3 Å². The maximum absolute atomic E-state index is 12.9. The van der Waals surface area contributed by atoms with Crippen molar-refractivity contribution in [3.05, 3.63) is 35.7 Å². The molecule has 38 heavy (non-hydrogen) atoms. The molecule has 3 aromatic heterocycles. The number of ether oxygens (including phenoxy) is 1. The Bertz CT molecular complexity index is 1310. The van der Waals surface area contributed by atoms with Gasteiger partial charge in [0.25, 0.3) is 0 Å². The van der Waals surface area contributed by atoms with Gasteiger partial charge in [0.15, 0.2) is 5.82 Å². The predicted octanol–water partition coefficient (Wildman–Crippen LogP) is 4.52. The number of piperazine rings is 1. The van der Waals surface area contributed by atoms with Crippen molar-refractivity contribution in [2.45, 2.75) is 32.5 Å². The lowest BCUT2D eigenvalue weighted by atomic mass is 10.1. The van der Waals surface area contributed by atoms with Crippen LogP contribution in [0.4, 0.5) is 23.8 Å². The van der Waals surface area contributed by atoms with E-state index in [-0.39, 0.29) is 29.1 Å². The Kier molecular flexibility index (Phi) is 8.24. The SMILES string of the molecule is CC(C)CCOC(=O)N1CCN(c2ccnc(-c3c[nH]c4ncc(Cl)cc34)n2)[C@@H](C(=O)NCC(F)(F)F)C1.[HH].[HH]. The second kappa shape index (κ2) is 11.4.